The van der Waals surface area contributed by atoms with Crippen molar-refractivity contribution in [3.8, 4) is 5.75 Å². The molecule has 0 saturated heterocycles. The van der Waals surface area contributed by atoms with Gasteiger partial charge in [-0.1, -0.05) is 17.3 Å². The maximum atomic E-state index is 12.0. The monoisotopic (exact) mass is 305 g/mol. The molecule has 9 heteroatoms. The second-order valence-electron chi connectivity index (χ2n) is 4.04. The van der Waals surface area contributed by atoms with Gasteiger partial charge < -0.3 is 21.0 Å². The van der Waals surface area contributed by atoms with Crippen molar-refractivity contribution in [2.75, 3.05) is 11.9 Å². The van der Waals surface area contributed by atoms with E-state index in [4.69, 9.17) is 15.7 Å². The number of nitrogens with one attached hydrogen (secondary N) is 1. The Bertz CT molecular complexity index is 518. The lowest BCUT2D eigenvalue weighted by molar-refractivity contribution is -0.142. The Hall–Kier alpha value is -2.45. The van der Waals surface area contributed by atoms with Gasteiger partial charge in [-0.15, -0.1) is 0 Å². The Morgan fingerprint density at radius 2 is 2.05 bits per heavy atom. The molecule has 21 heavy (non-hydrogen) atoms. The fourth-order valence-corrected chi connectivity index (χ4v) is 1.34. The summed E-state index contributed by atoms with van der Waals surface area (Å²) in [5, 5.41) is 13.4. The highest BCUT2D eigenvalue weighted by Gasteiger charge is 2.28. The van der Waals surface area contributed by atoms with E-state index >= 15 is 0 Å². The van der Waals surface area contributed by atoms with Gasteiger partial charge in [-0.3, -0.25) is 4.79 Å². The zero-order chi connectivity index (χ0) is 15.9. The van der Waals surface area contributed by atoms with Gasteiger partial charge >= 0.3 is 6.18 Å². The van der Waals surface area contributed by atoms with Gasteiger partial charge in [0.15, 0.2) is 5.84 Å². The molecule has 0 bridgehead atoms. The van der Waals surface area contributed by atoms with Crippen molar-refractivity contribution in [3.63, 3.8) is 0 Å². The van der Waals surface area contributed by atoms with Crippen LogP contribution in [0, 0.1) is 0 Å². The van der Waals surface area contributed by atoms with Gasteiger partial charge in [0, 0.05) is 6.42 Å². The number of carbonyl (C=O) groups excluding carboxylic acids is 1. The molecule has 6 nitrogen and oxygen atoms in total. The van der Waals surface area contributed by atoms with Crippen LogP contribution >= 0.6 is 0 Å². The van der Waals surface area contributed by atoms with E-state index in [1.165, 1.54) is 12.1 Å². The van der Waals surface area contributed by atoms with E-state index < -0.39 is 24.9 Å². The molecule has 116 valence electrons. The number of amidine groups is 1. The number of hydrogen-bond acceptors (Lipinski definition) is 4. The smallest absolute Gasteiger partial charge is 0.389 e. The zero-order valence-corrected chi connectivity index (χ0v) is 10.9. The number of rotatable bonds is 6. The third-order valence-corrected chi connectivity index (χ3v) is 2.30. The van der Waals surface area contributed by atoms with Gasteiger partial charge in [0.25, 0.3) is 0 Å². The van der Waals surface area contributed by atoms with Crippen molar-refractivity contribution in [1.82, 2.24) is 0 Å². The van der Waals surface area contributed by atoms with Crippen molar-refractivity contribution in [1.29, 1.82) is 0 Å². The average Bonchev–Trinajstić information content (AvgIpc) is 2.43. The summed E-state index contributed by atoms with van der Waals surface area (Å²) in [4.78, 5) is 11.5. The average molecular weight is 305 g/mol. The van der Waals surface area contributed by atoms with Crippen LogP contribution in [0.3, 0.4) is 0 Å². The summed E-state index contributed by atoms with van der Waals surface area (Å²) >= 11 is 0. The summed E-state index contributed by atoms with van der Waals surface area (Å²) in [7, 11) is 0. The molecule has 0 radical (unpaired) electrons. The largest absolute Gasteiger partial charge is 0.483 e. The Morgan fingerprint density at radius 3 is 2.67 bits per heavy atom. The van der Waals surface area contributed by atoms with Gasteiger partial charge in [0.2, 0.25) is 5.91 Å². The van der Waals surface area contributed by atoms with Crippen molar-refractivity contribution in [3.05, 3.63) is 24.3 Å². The minimum absolute atomic E-state index is 0.187. The minimum Gasteiger partial charge on any atom is -0.483 e. The van der Waals surface area contributed by atoms with Crippen LogP contribution in [0.15, 0.2) is 29.4 Å². The lowest BCUT2D eigenvalue weighted by Crippen LogP contribution is -2.22. The summed E-state index contributed by atoms with van der Waals surface area (Å²) in [5.74, 6) is -0.773. The van der Waals surface area contributed by atoms with E-state index in [2.05, 4.69) is 10.5 Å². The summed E-state index contributed by atoms with van der Waals surface area (Å²) < 4.78 is 41.3. The first kappa shape index (κ1) is 16.6. The Morgan fingerprint density at radius 1 is 1.38 bits per heavy atom. The molecule has 0 fully saturated rings. The molecule has 1 aromatic rings. The number of amides is 1. The molecule has 0 aliphatic rings. The number of anilines is 1. The second-order valence-corrected chi connectivity index (χ2v) is 4.04. The van der Waals surface area contributed by atoms with Crippen molar-refractivity contribution < 1.29 is 27.9 Å². The van der Waals surface area contributed by atoms with Crippen molar-refractivity contribution in [2.24, 2.45) is 10.9 Å². The van der Waals surface area contributed by atoms with Gasteiger partial charge in [-0.25, -0.2) is 0 Å². The van der Waals surface area contributed by atoms with Crippen LogP contribution in [-0.2, 0) is 4.79 Å². The van der Waals surface area contributed by atoms with Gasteiger partial charge in [-0.2, -0.15) is 13.2 Å². The van der Waals surface area contributed by atoms with Crippen molar-refractivity contribution >= 4 is 17.4 Å². The van der Waals surface area contributed by atoms with E-state index in [1.807, 2.05) is 0 Å². The molecule has 0 atom stereocenters. The van der Waals surface area contributed by atoms with Gasteiger partial charge in [0.05, 0.1) is 12.1 Å². The normalized spacial score (nSPS) is 12.0. The molecule has 4 N–H and O–H groups in total. The maximum Gasteiger partial charge on any atom is 0.389 e. The molecule has 1 aromatic carbocycles. The van der Waals surface area contributed by atoms with Crippen LogP contribution in [0.4, 0.5) is 18.9 Å². The van der Waals surface area contributed by atoms with E-state index in [0.29, 0.717) is 0 Å². The van der Waals surface area contributed by atoms with Crippen LogP contribution in [-0.4, -0.2) is 29.7 Å². The fourth-order valence-electron chi connectivity index (χ4n) is 1.34. The highest BCUT2D eigenvalue weighted by atomic mass is 19.4. The number of para-hydroxylation sites is 2. The second kappa shape index (κ2) is 7.36. The van der Waals surface area contributed by atoms with E-state index in [0.717, 1.165) is 0 Å². The number of hydrogen-bond donors (Lipinski definition) is 3. The third kappa shape index (κ3) is 6.50. The highest BCUT2D eigenvalue weighted by molar-refractivity contribution is 5.92. The molecule has 0 aromatic heterocycles. The molecule has 1 amide bonds. The Kier molecular flexibility index (Phi) is 5.82. The van der Waals surface area contributed by atoms with Crippen LogP contribution in [0.25, 0.3) is 0 Å². The standard InChI is InChI=1S/C12H14F3N3O3/c13-12(14,15)6-5-11(19)17-8-3-1-2-4-9(8)21-7-10(16)18-20/h1-4,20H,5-7H2,(H2,16,18)(H,17,19). The number of alkyl halides is 3. The highest BCUT2D eigenvalue weighted by Crippen LogP contribution is 2.25. The molecular weight excluding hydrogens is 291 g/mol. The molecule has 0 aliphatic carbocycles. The van der Waals surface area contributed by atoms with E-state index in [1.54, 1.807) is 12.1 Å². The number of halogens is 3. The van der Waals surface area contributed by atoms with Crippen LogP contribution in [0.5, 0.6) is 5.75 Å². The molecule has 0 spiro atoms. The maximum absolute atomic E-state index is 12.0. The first-order valence-corrected chi connectivity index (χ1v) is 5.86. The summed E-state index contributed by atoms with van der Waals surface area (Å²) in [5.41, 5.74) is 5.43. The lowest BCUT2D eigenvalue weighted by atomic mass is 10.2. The predicted octanol–water partition coefficient (Wildman–Crippen LogP) is 2.09. The van der Waals surface area contributed by atoms with Gasteiger partial charge in [-0.05, 0) is 12.1 Å². The number of benzene rings is 1. The molecule has 0 aliphatic heterocycles. The van der Waals surface area contributed by atoms with Crippen molar-refractivity contribution in [2.45, 2.75) is 19.0 Å². The summed E-state index contributed by atoms with van der Waals surface area (Å²) in [6, 6.07) is 6.14. The Balaban J connectivity index is 2.64. The third-order valence-electron chi connectivity index (χ3n) is 2.30. The molecule has 0 unspecified atom stereocenters. The quantitative estimate of drug-likeness (QED) is 0.324. The van der Waals surface area contributed by atoms with Crippen LogP contribution in [0.2, 0.25) is 0 Å². The van der Waals surface area contributed by atoms with Crippen LogP contribution < -0.4 is 15.8 Å². The van der Waals surface area contributed by atoms with E-state index in [-0.39, 0.29) is 23.9 Å². The fraction of sp³-hybridized carbons (Fsp3) is 0.333. The SMILES string of the molecule is NC(COc1ccccc1NC(=O)CCC(F)(F)F)=NO. The topological polar surface area (TPSA) is 96.9 Å². The zero-order valence-electron chi connectivity index (χ0n) is 10.9. The predicted molar refractivity (Wildman–Crippen MR) is 69.3 cm³/mol. The molecule has 0 heterocycles. The lowest BCUT2D eigenvalue weighted by Gasteiger charge is -2.12. The molecular formula is C12H14F3N3O3. The number of oxime groups is 1. The summed E-state index contributed by atoms with van der Waals surface area (Å²) in [6.45, 7) is -0.230. The first-order valence-electron chi connectivity index (χ1n) is 5.86. The number of nitrogens with zero attached hydrogens (tertiary/aromatic N) is 1. The number of carbonyl (C=O) groups is 1. The number of ether oxygens (including phenoxy) is 1. The summed E-state index contributed by atoms with van der Waals surface area (Å²) in [6.07, 6.45) is -6.27. The first-order chi connectivity index (χ1) is 9.81. The molecule has 0 saturated carbocycles. The van der Waals surface area contributed by atoms with E-state index in [9.17, 15) is 18.0 Å². The van der Waals surface area contributed by atoms with Gasteiger partial charge in [0.1, 0.15) is 12.4 Å². The minimum atomic E-state index is -4.39. The van der Waals surface area contributed by atoms with Crippen LogP contribution in [0.1, 0.15) is 12.8 Å². The number of nitrogens with two attached hydrogens (primary N) is 1. The Labute approximate surface area is 118 Å². The molecule has 1 rings (SSSR count).